The van der Waals surface area contributed by atoms with Crippen LogP contribution in [0.25, 0.3) is 0 Å². The van der Waals surface area contributed by atoms with Crippen molar-refractivity contribution in [3.05, 3.63) is 59.7 Å². The molecular formula is C29H31N5O10S. The van der Waals surface area contributed by atoms with Crippen LogP contribution in [-0.2, 0) is 35.3 Å². The summed E-state index contributed by atoms with van der Waals surface area (Å²) >= 11 is 1.15. The van der Waals surface area contributed by atoms with Crippen molar-refractivity contribution in [2.45, 2.75) is 48.3 Å². The van der Waals surface area contributed by atoms with Gasteiger partial charge >= 0.3 is 23.8 Å². The van der Waals surface area contributed by atoms with Crippen LogP contribution < -0.4 is 10.6 Å². The predicted molar refractivity (Wildman–Crippen MR) is 156 cm³/mol. The number of thioether (sulfide) groups is 1. The average Bonchev–Trinajstić information content (AvgIpc) is 3.20. The first-order valence-corrected chi connectivity index (χ1v) is 14.7. The van der Waals surface area contributed by atoms with Gasteiger partial charge in [-0.2, -0.15) is 0 Å². The fourth-order valence-corrected chi connectivity index (χ4v) is 7.46. The van der Waals surface area contributed by atoms with Crippen LogP contribution in [0.15, 0.2) is 48.5 Å². The Labute approximate surface area is 261 Å². The normalized spacial score (nSPS) is 24.5. The molecule has 3 heterocycles. The monoisotopic (exact) mass is 641 g/mol. The van der Waals surface area contributed by atoms with Gasteiger partial charge in [0.1, 0.15) is 11.4 Å². The van der Waals surface area contributed by atoms with Gasteiger partial charge in [0.15, 0.2) is 17.6 Å². The Morgan fingerprint density at radius 3 is 2.33 bits per heavy atom. The number of nitrogens with one attached hydrogen (secondary N) is 2. The van der Waals surface area contributed by atoms with Crippen LogP contribution in [0.2, 0.25) is 0 Å². The van der Waals surface area contributed by atoms with Crippen LogP contribution >= 0.6 is 11.8 Å². The quantitative estimate of drug-likeness (QED) is 0.151. The molecule has 2 aromatic rings. The lowest BCUT2D eigenvalue weighted by Gasteiger charge is -2.49. The number of phenols is 2. The molecule has 5 N–H and O–H groups in total. The van der Waals surface area contributed by atoms with Gasteiger partial charge in [-0.05, 0) is 37.1 Å². The number of carbonyl (C=O) groups excluding carboxylic acids is 5. The third-order valence-corrected chi connectivity index (χ3v) is 9.72. The van der Waals surface area contributed by atoms with E-state index in [1.807, 2.05) is 0 Å². The second kappa shape index (κ2) is 11.6. The van der Waals surface area contributed by atoms with E-state index in [9.17, 15) is 44.1 Å². The molecule has 2 aromatic carbocycles. The van der Waals surface area contributed by atoms with E-state index in [1.165, 1.54) is 42.3 Å². The Hall–Kier alpha value is -4.83. The number of carboxylic acid groups (broad SMARTS) is 1. The van der Waals surface area contributed by atoms with Gasteiger partial charge in [0.05, 0.1) is 4.75 Å². The molecule has 3 aliphatic rings. The van der Waals surface area contributed by atoms with Gasteiger partial charge in [-0.1, -0.05) is 36.4 Å². The van der Waals surface area contributed by atoms with Crippen LogP contribution in [0.3, 0.4) is 0 Å². The van der Waals surface area contributed by atoms with Crippen molar-refractivity contribution in [1.29, 1.82) is 0 Å². The molecule has 6 amide bonds. The summed E-state index contributed by atoms with van der Waals surface area (Å²) in [6.07, 6.45) is -0.890. The van der Waals surface area contributed by atoms with E-state index < -0.39 is 69.3 Å². The minimum Gasteiger partial charge on any atom is -0.504 e. The molecule has 238 valence electrons. The third kappa shape index (κ3) is 5.18. The molecule has 15 nitrogen and oxygen atoms in total. The summed E-state index contributed by atoms with van der Waals surface area (Å²) < 4.78 is 3.99. The standard InChI is InChI=1S/C29H31N5O10S/c1-28(2)29(26(41)42,34-22(38)20(44-3)25(34)45-28)31-21(37)19(16-7-5-4-6-8-16)30-27(43)33-12-11-32(23(39)24(33)40)14-15-9-10-17(35)18(36)13-15/h4-10,13,19-20,25,35-36H,11-12,14H2,1-3H3,(H,30,43)(H,31,37)(H,41,42)/t19?,20-,25-,29+/m1/s1. The maximum Gasteiger partial charge on any atom is 0.352 e. The Bertz CT molecular complexity index is 1590. The number of piperazine rings is 1. The highest BCUT2D eigenvalue weighted by atomic mass is 32.2. The number of nitrogens with zero attached hydrogens (tertiary/aromatic N) is 3. The van der Waals surface area contributed by atoms with Crippen molar-refractivity contribution < 1.29 is 48.8 Å². The zero-order valence-corrected chi connectivity index (χ0v) is 25.2. The number of carboxylic acids is 1. The topological polar surface area (TPSA) is 206 Å². The van der Waals surface area contributed by atoms with Gasteiger partial charge in [0, 0.05) is 26.7 Å². The highest BCUT2D eigenvalue weighted by Crippen LogP contribution is 2.56. The molecule has 3 saturated heterocycles. The van der Waals surface area contributed by atoms with Crippen molar-refractivity contribution in [3.63, 3.8) is 0 Å². The predicted octanol–water partition coefficient (Wildman–Crippen LogP) is 0.325. The zero-order chi connectivity index (χ0) is 32.8. The summed E-state index contributed by atoms with van der Waals surface area (Å²) in [6, 6.07) is 9.25. The molecule has 0 spiro atoms. The van der Waals surface area contributed by atoms with E-state index in [2.05, 4.69) is 10.6 Å². The van der Waals surface area contributed by atoms with E-state index in [1.54, 1.807) is 32.0 Å². The number of benzene rings is 2. The van der Waals surface area contributed by atoms with Crippen LogP contribution in [0.4, 0.5) is 4.79 Å². The SMILES string of the molecule is CO[C@@H]1C(=O)N2[C@@H]1SC(C)(C)[C@]2(NC(=O)C(NC(=O)N1CCN(Cc2ccc(O)c(O)c2)C(=O)C1=O)c1ccccc1)C(=O)O. The second-order valence-electron chi connectivity index (χ2n) is 11.2. The van der Waals surface area contributed by atoms with Crippen molar-refractivity contribution >= 4 is 47.4 Å². The number of hydrogen-bond acceptors (Lipinski definition) is 10. The third-order valence-electron chi connectivity index (χ3n) is 8.14. The highest BCUT2D eigenvalue weighted by molar-refractivity contribution is 8.01. The lowest BCUT2D eigenvalue weighted by molar-refractivity contribution is -0.187. The Morgan fingerprint density at radius 1 is 1.02 bits per heavy atom. The number of phenolic OH excluding ortho intramolecular Hbond substituents is 2. The summed E-state index contributed by atoms with van der Waals surface area (Å²) in [7, 11) is 1.33. The lowest BCUT2D eigenvalue weighted by atomic mass is 9.88. The number of fused-ring (bicyclic) bond motifs is 1. The second-order valence-corrected chi connectivity index (χ2v) is 12.9. The molecule has 45 heavy (non-hydrogen) atoms. The van der Waals surface area contributed by atoms with Gasteiger partial charge in [-0.25, -0.2) is 9.59 Å². The molecule has 3 aliphatic heterocycles. The number of β-lactam (4-membered cyclic amide) rings is 1. The minimum atomic E-state index is -2.20. The molecule has 16 heteroatoms. The largest absolute Gasteiger partial charge is 0.504 e. The number of aliphatic carboxylic acids is 1. The first kappa shape index (κ1) is 31.6. The number of rotatable bonds is 8. The summed E-state index contributed by atoms with van der Waals surface area (Å²) in [6.45, 7) is 2.78. The van der Waals surface area contributed by atoms with E-state index in [0.717, 1.165) is 16.7 Å². The average molecular weight is 642 g/mol. The van der Waals surface area contributed by atoms with E-state index >= 15 is 0 Å². The van der Waals surface area contributed by atoms with Crippen molar-refractivity contribution in [2.24, 2.45) is 0 Å². The Morgan fingerprint density at radius 2 is 1.71 bits per heavy atom. The minimum absolute atomic E-state index is 0.0610. The fraction of sp³-hybridized carbons (Fsp3) is 0.379. The molecule has 3 fully saturated rings. The number of carbonyl (C=O) groups is 6. The van der Waals surface area contributed by atoms with Gasteiger partial charge in [-0.15, -0.1) is 11.8 Å². The van der Waals surface area contributed by atoms with Gasteiger partial charge < -0.3 is 35.6 Å². The Balaban J connectivity index is 1.36. The van der Waals surface area contributed by atoms with Crippen LogP contribution in [0.5, 0.6) is 11.5 Å². The van der Waals surface area contributed by atoms with E-state index in [0.29, 0.717) is 10.5 Å². The number of methoxy groups -OCH3 is 1. The van der Waals surface area contributed by atoms with Crippen molar-refractivity contribution in [1.82, 2.24) is 25.3 Å². The van der Waals surface area contributed by atoms with Crippen LogP contribution in [-0.4, -0.2) is 108 Å². The number of amides is 6. The van der Waals surface area contributed by atoms with Crippen LogP contribution in [0, 0.1) is 0 Å². The molecule has 0 radical (unpaired) electrons. The number of urea groups is 1. The van der Waals surface area contributed by atoms with Crippen LogP contribution in [0.1, 0.15) is 31.0 Å². The highest BCUT2D eigenvalue weighted by Gasteiger charge is 2.74. The molecule has 0 aliphatic carbocycles. The number of aromatic hydroxyl groups is 2. The smallest absolute Gasteiger partial charge is 0.352 e. The summed E-state index contributed by atoms with van der Waals surface area (Å²) in [4.78, 5) is 81.9. The number of imide groups is 1. The molecule has 0 saturated carbocycles. The Kier molecular flexibility index (Phi) is 8.14. The molecule has 4 atom stereocenters. The molecule has 5 rings (SSSR count). The van der Waals surface area contributed by atoms with E-state index in [4.69, 9.17) is 4.74 Å². The lowest BCUT2D eigenvalue weighted by Crippen LogP contribution is -2.79. The maximum absolute atomic E-state index is 13.9. The summed E-state index contributed by atoms with van der Waals surface area (Å²) in [5.74, 6) is -5.99. The van der Waals surface area contributed by atoms with Gasteiger partial charge in [0.2, 0.25) is 11.6 Å². The first-order chi connectivity index (χ1) is 21.2. The van der Waals surface area contributed by atoms with Crippen molar-refractivity contribution in [2.75, 3.05) is 20.2 Å². The van der Waals surface area contributed by atoms with Gasteiger partial charge in [-0.3, -0.25) is 29.0 Å². The molecule has 0 bridgehead atoms. The maximum atomic E-state index is 13.9. The summed E-state index contributed by atoms with van der Waals surface area (Å²) in [5, 5.41) is 34.0. The molecular weight excluding hydrogens is 610 g/mol. The molecule has 0 aromatic heterocycles. The molecule has 1 unspecified atom stereocenters. The van der Waals surface area contributed by atoms with Crippen molar-refractivity contribution in [3.8, 4) is 11.5 Å². The number of ether oxygens (including phenoxy) is 1. The number of hydrogen-bond donors (Lipinski definition) is 5. The summed E-state index contributed by atoms with van der Waals surface area (Å²) in [5.41, 5.74) is -1.52. The fourth-order valence-electron chi connectivity index (χ4n) is 5.73. The zero-order valence-electron chi connectivity index (χ0n) is 24.4. The van der Waals surface area contributed by atoms with E-state index in [-0.39, 0.29) is 30.9 Å². The first-order valence-electron chi connectivity index (χ1n) is 13.8. The van der Waals surface area contributed by atoms with Gasteiger partial charge in [0.25, 0.3) is 5.91 Å².